The summed E-state index contributed by atoms with van der Waals surface area (Å²) in [6.45, 7) is 0. The van der Waals surface area contributed by atoms with E-state index in [1.54, 1.807) is 48.5 Å². The third-order valence-electron chi connectivity index (χ3n) is 4.27. The minimum atomic E-state index is -1.04. The third-order valence-corrected chi connectivity index (χ3v) is 4.52. The number of carboxylic acids is 1. The molecule has 2 heterocycles. The van der Waals surface area contributed by atoms with E-state index in [0.29, 0.717) is 27.8 Å². The van der Waals surface area contributed by atoms with Crippen LogP contribution in [-0.2, 0) is 4.79 Å². The van der Waals surface area contributed by atoms with E-state index in [4.69, 9.17) is 21.1 Å². The first-order valence-corrected chi connectivity index (χ1v) is 8.86. The molecule has 8 heteroatoms. The molecule has 1 fully saturated rings. The van der Waals surface area contributed by atoms with Crippen molar-refractivity contribution in [2.24, 2.45) is 0 Å². The van der Waals surface area contributed by atoms with Crippen LogP contribution in [-0.4, -0.2) is 23.0 Å². The van der Waals surface area contributed by atoms with Gasteiger partial charge >= 0.3 is 12.0 Å². The van der Waals surface area contributed by atoms with Crippen LogP contribution in [0, 0.1) is 0 Å². The number of halogens is 1. The van der Waals surface area contributed by atoms with Crippen molar-refractivity contribution in [3.8, 4) is 11.3 Å². The molecule has 2 N–H and O–H groups in total. The first kappa shape index (κ1) is 18.5. The number of amides is 3. The maximum Gasteiger partial charge on any atom is 0.335 e. The number of carbonyl (C=O) groups is 3. The summed E-state index contributed by atoms with van der Waals surface area (Å²) in [7, 11) is 0. The van der Waals surface area contributed by atoms with Crippen molar-refractivity contribution in [1.29, 1.82) is 0 Å². The van der Waals surface area contributed by atoms with Gasteiger partial charge in [-0.1, -0.05) is 23.7 Å². The van der Waals surface area contributed by atoms with Crippen LogP contribution in [0.15, 0.2) is 70.8 Å². The SMILES string of the molecule is O=C(O)c1cccc(-c2ccc(/C=C3/NC(=O)N(c4ccc(Cl)cc4)C3=O)o2)c1. The standard InChI is InChI=1S/C21H13ClN2O5/c22-14-4-6-15(7-5-14)24-19(25)17(23-21(24)28)11-16-8-9-18(29-16)12-2-1-3-13(10-12)20(26)27/h1-11H,(H,23,28)(H,26,27)/b17-11+. The summed E-state index contributed by atoms with van der Waals surface area (Å²) >= 11 is 5.85. The van der Waals surface area contributed by atoms with Crippen LogP contribution < -0.4 is 10.2 Å². The number of nitrogens with one attached hydrogen (secondary N) is 1. The van der Waals surface area contributed by atoms with E-state index in [9.17, 15) is 14.4 Å². The highest BCUT2D eigenvalue weighted by Gasteiger charge is 2.35. The molecule has 3 amide bonds. The number of rotatable bonds is 4. The molecule has 0 unspecified atom stereocenters. The van der Waals surface area contributed by atoms with Crippen LogP contribution in [0.1, 0.15) is 16.1 Å². The van der Waals surface area contributed by atoms with Gasteiger partial charge in [0.2, 0.25) is 0 Å². The minimum absolute atomic E-state index is 0.0603. The lowest BCUT2D eigenvalue weighted by Crippen LogP contribution is -2.30. The van der Waals surface area contributed by atoms with Gasteiger partial charge in [0.05, 0.1) is 11.3 Å². The van der Waals surface area contributed by atoms with Gasteiger partial charge in [-0.15, -0.1) is 0 Å². The van der Waals surface area contributed by atoms with Crippen LogP contribution in [0.4, 0.5) is 10.5 Å². The quantitative estimate of drug-likeness (QED) is 0.492. The van der Waals surface area contributed by atoms with Crippen molar-refractivity contribution in [2.45, 2.75) is 0 Å². The molecular formula is C21H13ClN2O5. The molecule has 1 saturated heterocycles. The Morgan fingerprint density at radius 2 is 1.83 bits per heavy atom. The van der Waals surface area contributed by atoms with E-state index in [2.05, 4.69) is 5.32 Å². The number of urea groups is 1. The van der Waals surface area contributed by atoms with Gasteiger partial charge < -0.3 is 14.8 Å². The number of hydrogen-bond acceptors (Lipinski definition) is 4. The number of nitrogens with zero attached hydrogens (tertiary/aromatic N) is 1. The molecule has 29 heavy (non-hydrogen) atoms. The summed E-state index contributed by atoms with van der Waals surface area (Å²) < 4.78 is 5.70. The summed E-state index contributed by atoms with van der Waals surface area (Å²) in [5, 5.41) is 12.1. The zero-order valence-corrected chi connectivity index (χ0v) is 15.5. The highest BCUT2D eigenvalue weighted by atomic mass is 35.5. The number of imide groups is 1. The second kappa shape index (κ2) is 7.29. The Balaban J connectivity index is 1.60. The van der Waals surface area contributed by atoms with Gasteiger partial charge in [0.15, 0.2) is 0 Å². The monoisotopic (exact) mass is 408 g/mol. The molecule has 7 nitrogen and oxygen atoms in total. The molecule has 1 aromatic heterocycles. The lowest BCUT2D eigenvalue weighted by Gasteiger charge is -2.11. The number of benzene rings is 2. The molecule has 2 aromatic carbocycles. The summed E-state index contributed by atoms with van der Waals surface area (Å²) in [6, 6.07) is 15.3. The fourth-order valence-corrected chi connectivity index (χ4v) is 3.02. The van der Waals surface area contributed by atoms with Gasteiger partial charge in [0.25, 0.3) is 5.91 Å². The predicted molar refractivity (Wildman–Crippen MR) is 107 cm³/mol. The van der Waals surface area contributed by atoms with Crippen molar-refractivity contribution < 1.29 is 23.9 Å². The summed E-state index contributed by atoms with van der Waals surface area (Å²) in [5.41, 5.74) is 1.17. The maximum atomic E-state index is 12.6. The average molecular weight is 409 g/mol. The average Bonchev–Trinajstić information content (AvgIpc) is 3.28. The maximum absolute atomic E-state index is 12.6. The van der Waals surface area contributed by atoms with Gasteiger partial charge in [-0.05, 0) is 48.5 Å². The number of hydrogen-bond donors (Lipinski definition) is 2. The Bertz CT molecular complexity index is 1160. The molecule has 0 bridgehead atoms. The molecule has 1 aliphatic heterocycles. The van der Waals surface area contributed by atoms with Crippen molar-refractivity contribution in [1.82, 2.24) is 5.32 Å². The summed E-state index contributed by atoms with van der Waals surface area (Å²) in [4.78, 5) is 37.0. The highest BCUT2D eigenvalue weighted by Crippen LogP contribution is 2.27. The lowest BCUT2D eigenvalue weighted by atomic mass is 10.1. The Kier molecular flexibility index (Phi) is 4.66. The van der Waals surface area contributed by atoms with Gasteiger partial charge in [-0.25, -0.2) is 14.5 Å². The molecule has 4 rings (SSSR count). The second-order valence-electron chi connectivity index (χ2n) is 6.19. The molecule has 0 aliphatic carbocycles. The summed E-state index contributed by atoms with van der Waals surface area (Å²) in [6.07, 6.45) is 1.42. The van der Waals surface area contributed by atoms with Crippen LogP contribution in [0.2, 0.25) is 5.02 Å². The van der Waals surface area contributed by atoms with Crippen molar-refractivity contribution in [3.63, 3.8) is 0 Å². The van der Waals surface area contributed by atoms with E-state index < -0.39 is 17.9 Å². The number of carboxylic acid groups (broad SMARTS) is 1. The van der Waals surface area contributed by atoms with Crippen molar-refractivity contribution in [3.05, 3.63) is 82.7 Å². The number of aromatic carboxylic acids is 1. The number of furan rings is 1. The molecule has 144 valence electrons. The number of anilines is 1. The molecule has 0 saturated carbocycles. The smallest absolute Gasteiger partial charge is 0.335 e. The van der Waals surface area contributed by atoms with Gasteiger partial charge in [-0.2, -0.15) is 0 Å². The molecule has 3 aromatic rings. The van der Waals surface area contributed by atoms with E-state index in [1.165, 1.54) is 18.2 Å². The van der Waals surface area contributed by atoms with E-state index in [0.717, 1.165) is 4.90 Å². The Morgan fingerprint density at radius 1 is 1.07 bits per heavy atom. The minimum Gasteiger partial charge on any atom is -0.478 e. The fraction of sp³-hybridized carbons (Fsp3) is 0. The first-order chi connectivity index (χ1) is 13.9. The van der Waals surface area contributed by atoms with Crippen molar-refractivity contribution >= 4 is 41.3 Å². The van der Waals surface area contributed by atoms with Crippen LogP contribution in [0.25, 0.3) is 17.4 Å². The zero-order chi connectivity index (χ0) is 20.5. The zero-order valence-electron chi connectivity index (χ0n) is 14.8. The topological polar surface area (TPSA) is 99.9 Å². The normalized spacial score (nSPS) is 15.1. The predicted octanol–water partition coefficient (Wildman–Crippen LogP) is 4.40. The molecule has 0 atom stereocenters. The van der Waals surface area contributed by atoms with Crippen LogP contribution >= 0.6 is 11.6 Å². The van der Waals surface area contributed by atoms with Gasteiger partial charge in [0, 0.05) is 16.7 Å². The first-order valence-electron chi connectivity index (χ1n) is 8.48. The summed E-state index contributed by atoms with van der Waals surface area (Å²) in [5.74, 6) is -0.793. The number of carbonyl (C=O) groups excluding carboxylic acids is 2. The van der Waals surface area contributed by atoms with Crippen LogP contribution in [0.3, 0.4) is 0 Å². The fourth-order valence-electron chi connectivity index (χ4n) is 2.89. The lowest BCUT2D eigenvalue weighted by molar-refractivity contribution is -0.113. The van der Waals surface area contributed by atoms with Gasteiger partial charge in [0.1, 0.15) is 17.2 Å². The largest absolute Gasteiger partial charge is 0.478 e. The van der Waals surface area contributed by atoms with E-state index >= 15 is 0 Å². The second-order valence-corrected chi connectivity index (χ2v) is 6.63. The van der Waals surface area contributed by atoms with Crippen LogP contribution in [0.5, 0.6) is 0 Å². The third kappa shape index (κ3) is 3.63. The molecule has 0 radical (unpaired) electrons. The van der Waals surface area contributed by atoms with E-state index in [-0.39, 0.29) is 11.3 Å². The Morgan fingerprint density at radius 3 is 2.55 bits per heavy atom. The molecule has 1 aliphatic rings. The van der Waals surface area contributed by atoms with E-state index in [1.807, 2.05) is 0 Å². The Hall–Kier alpha value is -3.84. The Labute approximate surface area is 169 Å². The van der Waals surface area contributed by atoms with Gasteiger partial charge in [-0.3, -0.25) is 4.79 Å². The highest BCUT2D eigenvalue weighted by molar-refractivity contribution is 6.31. The van der Waals surface area contributed by atoms with Crippen molar-refractivity contribution in [2.75, 3.05) is 4.90 Å². The molecular weight excluding hydrogens is 396 g/mol. The molecule has 0 spiro atoms.